The third kappa shape index (κ3) is 6.99. The molecular weight excluding hydrogens is 332 g/mol. The summed E-state index contributed by atoms with van der Waals surface area (Å²) in [5.41, 5.74) is 0. The number of nitrogens with zero attached hydrogens (tertiary/aromatic N) is 2. The van der Waals surface area contributed by atoms with Crippen molar-refractivity contribution in [2.75, 3.05) is 52.2 Å². The first-order valence-corrected chi connectivity index (χ1v) is 11.3. The first-order chi connectivity index (χ1) is 12.2. The van der Waals surface area contributed by atoms with E-state index in [9.17, 15) is 0 Å². The second kappa shape index (κ2) is 11.3. The minimum atomic E-state index is 0.254. The average Bonchev–Trinajstić information content (AvgIpc) is 2.66. The molecule has 25 heavy (non-hydrogen) atoms. The fourth-order valence-corrected chi connectivity index (χ4v) is 4.36. The van der Waals surface area contributed by atoms with Crippen molar-refractivity contribution in [2.45, 2.75) is 63.2 Å². The number of nitrogens with one attached hydrogen (secondary N) is 2. The molecule has 0 aliphatic carbocycles. The van der Waals surface area contributed by atoms with E-state index in [-0.39, 0.29) is 4.75 Å². The van der Waals surface area contributed by atoms with Crippen molar-refractivity contribution < 1.29 is 4.74 Å². The summed E-state index contributed by atoms with van der Waals surface area (Å²) >= 11 is 1.96. The molecule has 0 aromatic carbocycles. The van der Waals surface area contributed by atoms with Gasteiger partial charge in [-0.25, -0.2) is 0 Å². The highest BCUT2D eigenvalue weighted by Gasteiger charge is 2.31. The minimum Gasteiger partial charge on any atom is -0.381 e. The summed E-state index contributed by atoms with van der Waals surface area (Å²) in [5.74, 6) is 0.995. The lowest BCUT2D eigenvalue weighted by Gasteiger charge is -2.35. The Morgan fingerprint density at radius 2 is 1.96 bits per heavy atom. The van der Waals surface area contributed by atoms with E-state index in [0.717, 1.165) is 45.1 Å². The number of piperidine rings is 1. The van der Waals surface area contributed by atoms with Gasteiger partial charge in [0.2, 0.25) is 0 Å². The van der Waals surface area contributed by atoms with Crippen molar-refractivity contribution in [2.24, 2.45) is 4.99 Å². The van der Waals surface area contributed by atoms with Crippen molar-refractivity contribution in [3.8, 4) is 0 Å². The van der Waals surface area contributed by atoms with Gasteiger partial charge < -0.3 is 20.3 Å². The molecule has 5 nitrogen and oxygen atoms in total. The minimum absolute atomic E-state index is 0.254. The van der Waals surface area contributed by atoms with Crippen LogP contribution in [0.15, 0.2) is 4.99 Å². The lowest BCUT2D eigenvalue weighted by atomic mass is 9.99. The summed E-state index contributed by atoms with van der Waals surface area (Å²) in [6.45, 7) is 11.6. The van der Waals surface area contributed by atoms with Crippen LogP contribution in [-0.4, -0.2) is 73.8 Å². The van der Waals surface area contributed by atoms with Gasteiger partial charge in [-0.05, 0) is 51.8 Å². The van der Waals surface area contributed by atoms with Gasteiger partial charge in [0.05, 0.1) is 6.54 Å². The zero-order valence-corrected chi connectivity index (χ0v) is 17.3. The van der Waals surface area contributed by atoms with Crippen LogP contribution in [0.5, 0.6) is 0 Å². The summed E-state index contributed by atoms with van der Waals surface area (Å²) in [5, 5.41) is 7.13. The fourth-order valence-electron chi connectivity index (χ4n) is 3.59. The van der Waals surface area contributed by atoms with Gasteiger partial charge in [-0.2, -0.15) is 11.8 Å². The van der Waals surface area contributed by atoms with Crippen LogP contribution in [0.4, 0.5) is 0 Å². The third-order valence-electron chi connectivity index (χ3n) is 5.46. The molecule has 6 heteroatoms. The van der Waals surface area contributed by atoms with Gasteiger partial charge in [-0.3, -0.25) is 4.99 Å². The molecule has 0 atom stereocenters. The number of hydrogen-bond donors (Lipinski definition) is 2. The van der Waals surface area contributed by atoms with Crippen LogP contribution in [0.1, 0.15) is 52.4 Å². The zero-order chi connectivity index (χ0) is 18.0. The van der Waals surface area contributed by atoms with Crippen LogP contribution in [0.25, 0.3) is 0 Å². The second-order valence-corrected chi connectivity index (χ2v) is 8.58. The Hall–Kier alpha value is -0.460. The van der Waals surface area contributed by atoms with E-state index >= 15 is 0 Å². The van der Waals surface area contributed by atoms with E-state index in [1.807, 2.05) is 11.8 Å². The van der Waals surface area contributed by atoms with Crippen LogP contribution in [0, 0.1) is 0 Å². The number of likely N-dealkylation sites (tertiary alicyclic amines) is 1. The van der Waals surface area contributed by atoms with Crippen LogP contribution >= 0.6 is 11.8 Å². The van der Waals surface area contributed by atoms with Crippen LogP contribution < -0.4 is 10.6 Å². The van der Waals surface area contributed by atoms with E-state index in [1.165, 1.54) is 45.3 Å². The summed E-state index contributed by atoms with van der Waals surface area (Å²) in [7, 11) is 0. The van der Waals surface area contributed by atoms with E-state index in [0.29, 0.717) is 6.04 Å². The molecule has 0 unspecified atom stereocenters. The molecule has 2 heterocycles. The monoisotopic (exact) mass is 370 g/mol. The van der Waals surface area contributed by atoms with Gasteiger partial charge in [0.15, 0.2) is 5.96 Å². The molecule has 0 amide bonds. The first-order valence-electron chi connectivity index (χ1n) is 10.1. The standard InChI is InChI=1S/C19H38N4OS/c1-4-6-11-23-12-7-17(8-13-23)22-18(20-5-2)21-16-19(25-3)9-14-24-15-10-19/h17H,4-16H2,1-3H3,(H2,20,21,22). The summed E-state index contributed by atoms with van der Waals surface area (Å²) < 4.78 is 5.80. The molecule has 2 aliphatic rings. The molecule has 2 aliphatic heterocycles. The van der Waals surface area contributed by atoms with Crippen molar-refractivity contribution in [1.29, 1.82) is 0 Å². The van der Waals surface area contributed by atoms with E-state index in [2.05, 4.69) is 35.6 Å². The Balaban J connectivity index is 1.83. The Labute approximate surface area is 158 Å². The maximum absolute atomic E-state index is 5.54. The molecule has 0 aromatic rings. The van der Waals surface area contributed by atoms with Gasteiger partial charge in [0, 0.05) is 43.6 Å². The molecule has 2 fully saturated rings. The van der Waals surface area contributed by atoms with Crippen molar-refractivity contribution in [3.63, 3.8) is 0 Å². The number of ether oxygens (including phenoxy) is 1. The first kappa shape index (κ1) is 20.8. The molecule has 2 N–H and O–H groups in total. The largest absolute Gasteiger partial charge is 0.381 e. The van der Waals surface area contributed by atoms with Crippen LogP contribution in [0.2, 0.25) is 0 Å². The topological polar surface area (TPSA) is 48.9 Å². The van der Waals surface area contributed by atoms with Gasteiger partial charge in [-0.1, -0.05) is 13.3 Å². The van der Waals surface area contributed by atoms with E-state index in [4.69, 9.17) is 9.73 Å². The van der Waals surface area contributed by atoms with Gasteiger partial charge in [0.1, 0.15) is 0 Å². The number of guanidine groups is 1. The Morgan fingerprint density at radius 1 is 1.24 bits per heavy atom. The number of hydrogen-bond acceptors (Lipinski definition) is 4. The lowest BCUT2D eigenvalue weighted by Crippen LogP contribution is -2.49. The predicted molar refractivity (Wildman–Crippen MR) is 110 cm³/mol. The summed E-state index contributed by atoms with van der Waals surface area (Å²) in [6.07, 6.45) is 9.47. The normalized spacial score (nSPS) is 22.8. The third-order valence-corrected chi connectivity index (χ3v) is 6.87. The van der Waals surface area contributed by atoms with E-state index in [1.54, 1.807) is 0 Å². The maximum atomic E-state index is 5.54. The Kier molecular flexibility index (Phi) is 9.42. The fraction of sp³-hybridized carbons (Fsp3) is 0.947. The highest BCUT2D eigenvalue weighted by molar-refractivity contribution is 8.00. The SMILES string of the molecule is CCCCN1CCC(NC(=NCC2(SC)CCOCC2)NCC)CC1. The summed E-state index contributed by atoms with van der Waals surface area (Å²) in [4.78, 5) is 7.55. The maximum Gasteiger partial charge on any atom is 0.191 e. The van der Waals surface area contributed by atoms with Crippen molar-refractivity contribution >= 4 is 17.7 Å². The molecule has 2 rings (SSSR count). The highest BCUT2D eigenvalue weighted by atomic mass is 32.2. The smallest absolute Gasteiger partial charge is 0.191 e. The highest BCUT2D eigenvalue weighted by Crippen LogP contribution is 2.34. The molecule has 0 spiro atoms. The number of rotatable bonds is 8. The van der Waals surface area contributed by atoms with Crippen LogP contribution in [-0.2, 0) is 4.74 Å². The van der Waals surface area contributed by atoms with Gasteiger partial charge >= 0.3 is 0 Å². The lowest BCUT2D eigenvalue weighted by molar-refractivity contribution is 0.0794. The molecular formula is C19H38N4OS. The average molecular weight is 371 g/mol. The van der Waals surface area contributed by atoms with Crippen molar-refractivity contribution in [1.82, 2.24) is 15.5 Å². The zero-order valence-electron chi connectivity index (χ0n) is 16.5. The van der Waals surface area contributed by atoms with Crippen LogP contribution in [0.3, 0.4) is 0 Å². The molecule has 0 bridgehead atoms. The van der Waals surface area contributed by atoms with Gasteiger partial charge in [0.25, 0.3) is 0 Å². The summed E-state index contributed by atoms with van der Waals surface area (Å²) in [6, 6.07) is 0.551. The molecule has 0 aromatic heterocycles. The second-order valence-electron chi connectivity index (χ2n) is 7.31. The Bertz CT molecular complexity index is 391. The molecule has 0 radical (unpaired) electrons. The Morgan fingerprint density at radius 3 is 2.56 bits per heavy atom. The molecule has 146 valence electrons. The predicted octanol–water partition coefficient (Wildman–Crippen LogP) is 2.72. The van der Waals surface area contributed by atoms with E-state index < -0.39 is 0 Å². The van der Waals surface area contributed by atoms with Gasteiger partial charge in [-0.15, -0.1) is 0 Å². The molecule has 2 saturated heterocycles. The number of thioether (sulfide) groups is 1. The quantitative estimate of drug-likeness (QED) is 0.508. The molecule has 0 saturated carbocycles. The van der Waals surface area contributed by atoms with Crippen molar-refractivity contribution in [3.05, 3.63) is 0 Å². The number of unbranched alkanes of at least 4 members (excludes halogenated alkanes) is 1. The number of aliphatic imine (C=N–C) groups is 1.